The molecule has 28 heavy (non-hydrogen) atoms. The number of carbonyl (C=O) groups excluding carboxylic acids is 3. The van der Waals surface area contributed by atoms with Gasteiger partial charge in [-0.1, -0.05) is 23.8 Å². The molecule has 0 spiro atoms. The van der Waals surface area contributed by atoms with Crippen molar-refractivity contribution in [3.8, 4) is 0 Å². The normalized spacial score (nSPS) is 29.1. The second kappa shape index (κ2) is 8.43. The third kappa shape index (κ3) is 4.98. The van der Waals surface area contributed by atoms with Crippen LogP contribution in [0.15, 0.2) is 35.5 Å². The summed E-state index contributed by atoms with van der Waals surface area (Å²) in [7, 11) is 0. The fourth-order valence-corrected chi connectivity index (χ4v) is 3.50. The first-order chi connectivity index (χ1) is 13.0. The summed E-state index contributed by atoms with van der Waals surface area (Å²) in [5.74, 6) is -1.75. The van der Waals surface area contributed by atoms with Crippen molar-refractivity contribution in [1.29, 1.82) is 0 Å². The first-order valence-corrected chi connectivity index (χ1v) is 9.52. The molecule has 0 amide bonds. The highest BCUT2D eigenvalue weighted by atomic mass is 16.6. The molecule has 6 heteroatoms. The van der Waals surface area contributed by atoms with E-state index in [9.17, 15) is 14.4 Å². The Labute approximate surface area is 166 Å². The predicted octanol–water partition coefficient (Wildman–Crippen LogP) is 3.46. The number of allylic oxidation sites excluding steroid dienone is 2. The molecule has 1 aliphatic heterocycles. The van der Waals surface area contributed by atoms with Crippen molar-refractivity contribution in [3.05, 3.63) is 35.5 Å². The molecule has 0 radical (unpaired) electrons. The summed E-state index contributed by atoms with van der Waals surface area (Å²) in [5.41, 5.74) is 1.50. The van der Waals surface area contributed by atoms with Gasteiger partial charge in [-0.3, -0.25) is 9.59 Å². The lowest BCUT2D eigenvalue weighted by Crippen LogP contribution is -2.48. The first-order valence-electron chi connectivity index (χ1n) is 9.52. The second-order valence-electron chi connectivity index (χ2n) is 8.19. The molecule has 2 rings (SSSR count). The maximum absolute atomic E-state index is 13.0. The molecular weight excluding hydrogens is 360 g/mol. The lowest BCUT2D eigenvalue weighted by Gasteiger charge is -2.34. The minimum Gasteiger partial charge on any atom is -0.458 e. The van der Waals surface area contributed by atoms with Crippen LogP contribution in [0.2, 0.25) is 0 Å². The maximum Gasteiger partial charge on any atom is 0.331 e. The van der Waals surface area contributed by atoms with E-state index in [1.54, 1.807) is 20.8 Å². The molecule has 1 heterocycles. The van der Waals surface area contributed by atoms with Crippen LogP contribution in [-0.4, -0.2) is 41.6 Å². The molecule has 6 nitrogen and oxygen atoms in total. The fraction of sp³-hybridized carbons (Fsp3) is 0.591. The van der Waals surface area contributed by atoms with Gasteiger partial charge < -0.3 is 14.2 Å². The molecule has 0 N–H and O–H groups in total. The zero-order valence-electron chi connectivity index (χ0n) is 17.5. The number of esters is 2. The Balaban J connectivity index is 2.29. The Morgan fingerprint density at radius 3 is 2.43 bits per heavy atom. The second-order valence-corrected chi connectivity index (χ2v) is 8.19. The van der Waals surface area contributed by atoms with Crippen LogP contribution in [0, 0.1) is 5.92 Å². The smallest absolute Gasteiger partial charge is 0.331 e. The largest absolute Gasteiger partial charge is 0.458 e. The topological polar surface area (TPSA) is 82.2 Å². The molecule has 0 bridgehead atoms. The van der Waals surface area contributed by atoms with Crippen LogP contribution in [0.1, 0.15) is 54.4 Å². The van der Waals surface area contributed by atoms with Crippen molar-refractivity contribution in [3.63, 3.8) is 0 Å². The van der Waals surface area contributed by atoms with E-state index in [0.717, 1.165) is 11.1 Å². The first kappa shape index (κ1) is 22.1. The molecule has 1 aliphatic carbocycles. The molecule has 0 aromatic heterocycles. The highest BCUT2D eigenvalue weighted by Gasteiger charge is 2.66. The molecule has 2 aliphatic rings. The van der Waals surface area contributed by atoms with E-state index in [-0.39, 0.29) is 11.9 Å². The number of ketones is 1. The summed E-state index contributed by atoms with van der Waals surface area (Å²) in [6.07, 6.45) is 2.39. The van der Waals surface area contributed by atoms with Gasteiger partial charge in [0.05, 0.1) is 6.10 Å². The van der Waals surface area contributed by atoms with Gasteiger partial charge in [0, 0.05) is 25.3 Å². The molecule has 0 unspecified atom stereocenters. The van der Waals surface area contributed by atoms with E-state index < -0.39 is 35.7 Å². The van der Waals surface area contributed by atoms with Gasteiger partial charge in [-0.05, 0) is 46.6 Å². The Morgan fingerprint density at radius 1 is 1.25 bits per heavy atom. The molecule has 0 aromatic rings. The fourth-order valence-electron chi connectivity index (χ4n) is 3.50. The number of epoxide rings is 1. The number of Topliss-reactive ketones (excluding diaryl/α,β-unsaturated/α-hetero) is 1. The maximum atomic E-state index is 13.0. The number of rotatable bonds is 7. The molecule has 2 fully saturated rings. The molecular formula is C22H30O6. The van der Waals surface area contributed by atoms with Crippen LogP contribution in [0.4, 0.5) is 0 Å². The molecule has 1 saturated heterocycles. The van der Waals surface area contributed by atoms with Crippen LogP contribution in [0.5, 0.6) is 0 Å². The van der Waals surface area contributed by atoms with Gasteiger partial charge in [-0.15, -0.1) is 0 Å². The summed E-state index contributed by atoms with van der Waals surface area (Å²) in [5, 5.41) is 0. The minimum absolute atomic E-state index is 0.235. The standard InChI is InChI=1S/C22H30O6/c1-12(2)8-9-17(26-15(6)23)14(5)16-11-18-22(7,28-18)21(25)20(16)27-19(24)10-13(3)4/h8,10,16-18,20H,5,9,11H2,1-4,6-7H3/t16-,17+,18-,20-,22-/m0/s1. The molecule has 5 atom stereocenters. The highest BCUT2D eigenvalue weighted by molar-refractivity contribution is 5.97. The van der Waals surface area contributed by atoms with Gasteiger partial charge in [0.15, 0.2) is 11.7 Å². The van der Waals surface area contributed by atoms with Gasteiger partial charge in [-0.2, -0.15) is 0 Å². The van der Waals surface area contributed by atoms with Crippen LogP contribution < -0.4 is 0 Å². The van der Waals surface area contributed by atoms with Gasteiger partial charge in [0.2, 0.25) is 5.78 Å². The van der Waals surface area contributed by atoms with Gasteiger partial charge in [0.1, 0.15) is 6.10 Å². The van der Waals surface area contributed by atoms with Gasteiger partial charge in [0.25, 0.3) is 0 Å². The zero-order valence-corrected chi connectivity index (χ0v) is 17.5. The quantitative estimate of drug-likeness (QED) is 0.287. The SMILES string of the molecule is C=C([C@@H](CC=C(C)C)OC(C)=O)[C@@H]1C[C@@H]2O[C@]2(C)C(=O)[C@H]1OC(=O)C=C(C)C. The van der Waals surface area contributed by atoms with Crippen LogP contribution in [0.3, 0.4) is 0 Å². The molecule has 1 saturated carbocycles. The number of hydrogen-bond acceptors (Lipinski definition) is 6. The third-order valence-electron chi connectivity index (χ3n) is 5.11. The van der Waals surface area contributed by atoms with E-state index in [4.69, 9.17) is 14.2 Å². The Hall–Kier alpha value is -2.21. The van der Waals surface area contributed by atoms with Crippen molar-refractivity contribution >= 4 is 17.7 Å². The van der Waals surface area contributed by atoms with Crippen molar-refractivity contribution < 1.29 is 28.6 Å². The van der Waals surface area contributed by atoms with Crippen molar-refractivity contribution in [1.82, 2.24) is 0 Å². The summed E-state index contributed by atoms with van der Waals surface area (Å²) < 4.78 is 16.6. The highest BCUT2D eigenvalue weighted by Crippen LogP contribution is 2.50. The van der Waals surface area contributed by atoms with Crippen LogP contribution >= 0.6 is 0 Å². The lowest BCUT2D eigenvalue weighted by molar-refractivity contribution is -0.157. The van der Waals surface area contributed by atoms with Crippen molar-refractivity contribution in [2.24, 2.45) is 5.92 Å². The van der Waals surface area contributed by atoms with Crippen molar-refractivity contribution in [2.75, 3.05) is 0 Å². The van der Waals surface area contributed by atoms with Gasteiger partial charge >= 0.3 is 11.9 Å². The predicted molar refractivity (Wildman–Crippen MR) is 104 cm³/mol. The Morgan fingerprint density at radius 2 is 1.89 bits per heavy atom. The summed E-state index contributed by atoms with van der Waals surface area (Å²) in [4.78, 5) is 36.7. The lowest BCUT2D eigenvalue weighted by atomic mass is 9.74. The Kier molecular flexibility index (Phi) is 6.65. The monoisotopic (exact) mass is 390 g/mol. The number of fused-ring (bicyclic) bond motifs is 1. The molecule has 0 aromatic carbocycles. The zero-order chi connectivity index (χ0) is 21.2. The third-order valence-corrected chi connectivity index (χ3v) is 5.11. The average Bonchev–Trinajstić information content (AvgIpc) is 3.24. The minimum atomic E-state index is -1.01. The summed E-state index contributed by atoms with van der Waals surface area (Å²) >= 11 is 0. The van der Waals surface area contributed by atoms with Crippen LogP contribution in [-0.2, 0) is 28.6 Å². The van der Waals surface area contributed by atoms with E-state index in [2.05, 4.69) is 6.58 Å². The van der Waals surface area contributed by atoms with E-state index in [1.165, 1.54) is 13.0 Å². The van der Waals surface area contributed by atoms with E-state index in [0.29, 0.717) is 18.4 Å². The van der Waals surface area contributed by atoms with Crippen molar-refractivity contribution in [2.45, 2.75) is 78.3 Å². The van der Waals surface area contributed by atoms with E-state index >= 15 is 0 Å². The van der Waals surface area contributed by atoms with Crippen LogP contribution in [0.25, 0.3) is 0 Å². The number of ether oxygens (including phenoxy) is 3. The van der Waals surface area contributed by atoms with Gasteiger partial charge in [-0.25, -0.2) is 4.79 Å². The summed E-state index contributed by atoms with van der Waals surface area (Å²) in [6, 6.07) is 0. The summed E-state index contributed by atoms with van der Waals surface area (Å²) in [6.45, 7) is 14.6. The Bertz CT molecular complexity index is 738. The number of carbonyl (C=O) groups is 3. The molecule has 154 valence electrons. The average molecular weight is 390 g/mol. The number of hydrogen-bond donors (Lipinski definition) is 0. The van der Waals surface area contributed by atoms with E-state index in [1.807, 2.05) is 19.9 Å².